The van der Waals surface area contributed by atoms with Crippen LogP contribution in [-0.4, -0.2) is 34.4 Å². The zero-order valence-electron chi connectivity index (χ0n) is 16.0. The van der Waals surface area contributed by atoms with Gasteiger partial charge in [-0.2, -0.15) is 0 Å². The Morgan fingerprint density at radius 2 is 2.00 bits per heavy atom. The summed E-state index contributed by atoms with van der Waals surface area (Å²) < 4.78 is 9.87. The molecule has 0 aliphatic carbocycles. The maximum Gasteiger partial charge on any atom is 0.323 e. The molecule has 0 atom stereocenters. The van der Waals surface area contributed by atoms with Crippen molar-refractivity contribution in [3.63, 3.8) is 0 Å². The molecule has 29 heavy (non-hydrogen) atoms. The zero-order chi connectivity index (χ0) is 20.8. The van der Waals surface area contributed by atoms with Gasteiger partial charge in [-0.25, -0.2) is 4.63 Å². The fraction of sp³-hybridized carbons (Fsp3) is 0.316. The molecule has 1 heterocycles. The Balaban J connectivity index is 1.86. The predicted molar refractivity (Wildman–Crippen MR) is 108 cm³/mol. The number of hydrogen-bond donors (Lipinski definition) is 1. The quantitative estimate of drug-likeness (QED) is 0.235. The highest BCUT2D eigenvalue weighted by Gasteiger charge is 2.26. The van der Waals surface area contributed by atoms with Crippen molar-refractivity contribution >= 4 is 40.1 Å². The van der Waals surface area contributed by atoms with Crippen LogP contribution < -0.4 is 5.32 Å². The first-order valence-corrected chi connectivity index (χ1v) is 9.89. The first-order valence-electron chi connectivity index (χ1n) is 9.07. The maximum absolute atomic E-state index is 11.6. The molecule has 0 spiro atoms. The summed E-state index contributed by atoms with van der Waals surface area (Å²) in [5, 5.41) is 22.2. The Morgan fingerprint density at radius 1 is 1.28 bits per heavy atom. The van der Waals surface area contributed by atoms with E-state index in [1.54, 1.807) is 6.07 Å². The van der Waals surface area contributed by atoms with Gasteiger partial charge < -0.3 is 10.1 Å². The lowest BCUT2D eigenvalue weighted by Crippen LogP contribution is -2.14. The van der Waals surface area contributed by atoms with E-state index in [4.69, 9.17) is 9.37 Å². The highest BCUT2D eigenvalue weighted by molar-refractivity contribution is 7.99. The Bertz CT molecular complexity index is 1020. The van der Waals surface area contributed by atoms with Crippen LogP contribution in [0, 0.1) is 17.0 Å². The summed E-state index contributed by atoms with van der Waals surface area (Å²) >= 11 is 1.41. The molecule has 0 amide bonds. The van der Waals surface area contributed by atoms with E-state index < -0.39 is 4.92 Å². The Hall–Kier alpha value is -3.14. The SMILES string of the molecule is CCCC(=O)OCCNc1cc(Sc2ccc(C)cc2)c2nonc2c1[N+](=O)[O-]. The van der Waals surface area contributed by atoms with E-state index >= 15 is 0 Å². The van der Waals surface area contributed by atoms with E-state index in [0.29, 0.717) is 23.3 Å². The summed E-state index contributed by atoms with van der Waals surface area (Å²) in [6.45, 7) is 4.21. The fourth-order valence-corrected chi connectivity index (χ4v) is 3.59. The van der Waals surface area contributed by atoms with E-state index in [0.717, 1.165) is 10.5 Å². The Labute approximate surface area is 170 Å². The summed E-state index contributed by atoms with van der Waals surface area (Å²) in [6, 6.07) is 9.52. The van der Waals surface area contributed by atoms with E-state index in [9.17, 15) is 14.9 Å². The summed E-state index contributed by atoms with van der Waals surface area (Å²) in [5.74, 6) is -0.296. The number of rotatable bonds is 9. The lowest BCUT2D eigenvalue weighted by atomic mass is 10.2. The lowest BCUT2D eigenvalue weighted by molar-refractivity contribution is -0.382. The van der Waals surface area contributed by atoms with Crippen molar-refractivity contribution in [2.45, 2.75) is 36.5 Å². The topological polar surface area (TPSA) is 120 Å². The van der Waals surface area contributed by atoms with Gasteiger partial charge in [-0.1, -0.05) is 36.4 Å². The van der Waals surface area contributed by atoms with Crippen LogP contribution in [0.15, 0.2) is 44.8 Å². The normalized spacial score (nSPS) is 10.8. The molecule has 3 aromatic rings. The van der Waals surface area contributed by atoms with Crippen LogP contribution in [0.3, 0.4) is 0 Å². The molecular formula is C19H20N4O5S. The number of nitrogens with one attached hydrogen (secondary N) is 1. The Morgan fingerprint density at radius 3 is 2.69 bits per heavy atom. The van der Waals surface area contributed by atoms with Crippen molar-refractivity contribution in [2.24, 2.45) is 0 Å². The molecule has 0 unspecified atom stereocenters. The van der Waals surface area contributed by atoms with Gasteiger partial charge in [0.15, 0.2) is 5.52 Å². The van der Waals surface area contributed by atoms with Gasteiger partial charge in [0, 0.05) is 22.8 Å². The van der Waals surface area contributed by atoms with Crippen molar-refractivity contribution in [3.8, 4) is 0 Å². The molecule has 1 aromatic heterocycles. The number of hydrogen-bond acceptors (Lipinski definition) is 9. The molecule has 0 aliphatic rings. The highest BCUT2D eigenvalue weighted by Crippen LogP contribution is 2.40. The number of aromatic nitrogens is 2. The molecule has 3 rings (SSSR count). The van der Waals surface area contributed by atoms with Crippen molar-refractivity contribution in [1.29, 1.82) is 0 Å². The van der Waals surface area contributed by atoms with Crippen molar-refractivity contribution in [1.82, 2.24) is 10.3 Å². The number of fused-ring (bicyclic) bond motifs is 1. The molecule has 152 valence electrons. The molecular weight excluding hydrogens is 396 g/mol. The second-order valence-electron chi connectivity index (χ2n) is 6.30. The molecule has 0 saturated heterocycles. The summed E-state index contributed by atoms with van der Waals surface area (Å²) in [6.07, 6.45) is 1.04. The van der Waals surface area contributed by atoms with E-state index in [-0.39, 0.29) is 36.0 Å². The second-order valence-corrected chi connectivity index (χ2v) is 7.42. The zero-order valence-corrected chi connectivity index (χ0v) is 16.8. The van der Waals surface area contributed by atoms with Crippen LogP contribution in [-0.2, 0) is 9.53 Å². The first kappa shape index (κ1) is 20.6. The van der Waals surface area contributed by atoms with Crippen LogP contribution in [0.25, 0.3) is 11.0 Å². The molecule has 0 bridgehead atoms. The van der Waals surface area contributed by atoms with Gasteiger partial charge in [0.2, 0.25) is 5.52 Å². The van der Waals surface area contributed by atoms with Crippen molar-refractivity contribution < 1.29 is 19.1 Å². The number of nitrogens with zero attached hydrogens (tertiary/aromatic N) is 3. The fourth-order valence-electron chi connectivity index (χ4n) is 2.66. The minimum atomic E-state index is -0.529. The number of esters is 1. The molecule has 0 radical (unpaired) electrons. The van der Waals surface area contributed by atoms with Crippen LogP contribution in [0.2, 0.25) is 0 Å². The van der Waals surface area contributed by atoms with Gasteiger partial charge in [-0.15, -0.1) is 0 Å². The van der Waals surface area contributed by atoms with Gasteiger partial charge in [0.25, 0.3) is 0 Å². The first-order chi connectivity index (χ1) is 14.0. The van der Waals surface area contributed by atoms with Gasteiger partial charge in [-0.3, -0.25) is 14.9 Å². The van der Waals surface area contributed by atoms with Gasteiger partial charge in [-0.05, 0) is 41.9 Å². The number of carbonyl (C=O) groups is 1. The smallest absolute Gasteiger partial charge is 0.323 e. The predicted octanol–water partition coefficient (Wildman–Crippen LogP) is 4.35. The summed E-state index contributed by atoms with van der Waals surface area (Å²) in [4.78, 5) is 24.2. The minimum absolute atomic E-state index is 0.0672. The summed E-state index contributed by atoms with van der Waals surface area (Å²) in [5.41, 5.74) is 1.56. The number of nitro benzene ring substituents is 1. The Kier molecular flexibility index (Phi) is 6.65. The van der Waals surface area contributed by atoms with Crippen molar-refractivity contribution in [2.75, 3.05) is 18.5 Å². The second kappa shape index (κ2) is 9.37. The lowest BCUT2D eigenvalue weighted by Gasteiger charge is -2.10. The van der Waals surface area contributed by atoms with Crippen LogP contribution in [0.1, 0.15) is 25.3 Å². The molecule has 9 nitrogen and oxygen atoms in total. The third-order valence-electron chi connectivity index (χ3n) is 4.04. The number of anilines is 1. The third kappa shape index (κ3) is 5.02. The maximum atomic E-state index is 11.6. The summed E-state index contributed by atoms with van der Waals surface area (Å²) in [7, 11) is 0. The molecule has 0 fully saturated rings. The van der Waals surface area contributed by atoms with Crippen molar-refractivity contribution in [3.05, 3.63) is 46.0 Å². The molecule has 0 aliphatic heterocycles. The van der Waals surface area contributed by atoms with E-state index in [1.807, 2.05) is 38.1 Å². The molecule has 2 aromatic carbocycles. The van der Waals surface area contributed by atoms with Gasteiger partial charge in [0.1, 0.15) is 12.3 Å². The van der Waals surface area contributed by atoms with E-state index in [1.165, 1.54) is 11.8 Å². The molecule has 0 saturated carbocycles. The van der Waals surface area contributed by atoms with E-state index in [2.05, 4.69) is 15.6 Å². The van der Waals surface area contributed by atoms with Gasteiger partial charge >= 0.3 is 11.7 Å². The minimum Gasteiger partial charge on any atom is -0.464 e. The average Bonchev–Trinajstić information content (AvgIpc) is 3.16. The standard InChI is InChI=1S/C19H20N4O5S/c1-3-4-16(24)27-10-9-20-14-11-15(29-13-7-5-12(2)6-8-13)17-18(22-28-21-17)19(14)23(25)26/h5-8,11,20H,3-4,9-10H2,1-2H3. The van der Waals surface area contributed by atoms with Crippen LogP contribution in [0.5, 0.6) is 0 Å². The highest BCUT2D eigenvalue weighted by atomic mass is 32.2. The third-order valence-corrected chi connectivity index (χ3v) is 5.08. The largest absolute Gasteiger partial charge is 0.464 e. The van der Waals surface area contributed by atoms with Crippen LogP contribution >= 0.6 is 11.8 Å². The number of nitro groups is 1. The molecule has 10 heteroatoms. The number of aryl methyl sites for hydroxylation is 1. The van der Waals surface area contributed by atoms with Crippen LogP contribution in [0.4, 0.5) is 11.4 Å². The average molecular weight is 416 g/mol. The monoisotopic (exact) mass is 416 g/mol. The number of benzene rings is 2. The number of carbonyl (C=O) groups excluding carboxylic acids is 1. The number of ether oxygens (including phenoxy) is 1. The molecule has 1 N–H and O–H groups in total. The van der Waals surface area contributed by atoms with Gasteiger partial charge in [0.05, 0.1) is 4.92 Å².